The molecule has 1 aliphatic rings. The van der Waals surface area contributed by atoms with Crippen molar-refractivity contribution in [1.29, 1.82) is 5.26 Å². The summed E-state index contributed by atoms with van der Waals surface area (Å²) in [5, 5.41) is 12.1. The zero-order chi connectivity index (χ0) is 20.6. The fourth-order valence-electron chi connectivity index (χ4n) is 3.89. The molecule has 1 aliphatic carbocycles. The van der Waals surface area contributed by atoms with E-state index in [-0.39, 0.29) is 5.91 Å². The molecule has 1 amide bonds. The van der Waals surface area contributed by atoms with Crippen molar-refractivity contribution in [3.05, 3.63) is 59.2 Å². The van der Waals surface area contributed by atoms with Crippen LogP contribution in [0.3, 0.4) is 0 Å². The zero-order valence-electron chi connectivity index (χ0n) is 16.7. The highest BCUT2D eigenvalue weighted by Crippen LogP contribution is 2.27. The quantitative estimate of drug-likeness (QED) is 0.731. The number of methoxy groups -OCH3 is 1. The third-order valence-electron chi connectivity index (χ3n) is 5.43. The van der Waals surface area contributed by atoms with Gasteiger partial charge in [-0.15, -0.1) is 0 Å². The number of rotatable bonds is 6. The number of amides is 1. The Labute approximate surface area is 171 Å². The second-order valence-corrected chi connectivity index (χ2v) is 7.59. The number of nitrogens with zero attached hydrogens (tertiary/aromatic N) is 1. The molecule has 0 saturated heterocycles. The van der Waals surface area contributed by atoms with Gasteiger partial charge in [0.05, 0.1) is 24.3 Å². The largest absolute Gasteiger partial charge is 0.465 e. The van der Waals surface area contributed by atoms with E-state index in [9.17, 15) is 9.59 Å². The predicted octanol–water partition coefficient (Wildman–Crippen LogP) is 4.60. The maximum atomic E-state index is 12.4. The summed E-state index contributed by atoms with van der Waals surface area (Å²) in [5.41, 5.74) is 3.44. The maximum absolute atomic E-state index is 12.4. The second kappa shape index (κ2) is 9.88. The molecule has 0 bridgehead atoms. The molecular formula is C24H26N2O3. The summed E-state index contributed by atoms with van der Waals surface area (Å²) in [6, 6.07) is 14.8. The summed E-state index contributed by atoms with van der Waals surface area (Å²) in [6.07, 6.45) is 6.52. The van der Waals surface area contributed by atoms with Gasteiger partial charge >= 0.3 is 5.97 Å². The molecule has 0 unspecified atom stereocenters. The molecule has 1 saturated carbocycles. The molecule has 1 N–H and O–H groups in total. The molecule has 5 nitrogen and oxygen atoms in total. The number of nitriles is 1. The third kappa shape index (κ3) is 5.68. The molecular weight excluding hydrogens is 364 g/mol. The molecule has 3 rings (SSSR count). The lowest BCUT2D eigenvalue weighted by molar-refractivity contribution is -0.122. The lowest BCUT2D eigenvalue weighted by Gasteiger charge is -2.20. The van der Waals surface area contributed by atoms with Gasteiger partial charge in [0.1, 0.15) is 0 Å². The number of hydrogen-bond donors (Lipinski definition) is 1. The van der Waals surface area contributed by atoms with Gasteiger partial charge in [0.2, 0.25) is 5.91 Å². The van der Waals surface area contributed by atoms with E-state index in [1.807, 2.05) is 18.2 Å². The Morgan fingerprint density at radius 2 is 1.90 bits per heavy atom. The van der Waals surface area contributed by atoms with Crippen molar-refractivity contribution < 1.29 is 14.3 Å². The number of ether oxygens (including phenoxy) is 1. The standard InChI is InChI=1S/C24H26N2O3/c1-29-24(28)22-12-19(16-26-23(27)13-17-6-3-2-4-7-17)11-21(14-22)20-9-5-8-18(10-20)15-25/h5,8-12,14,17H,2-4,6-7,13,16H2,1H3,(H,26,27). The molecule has 150 valence electrons. The molecule has 0 aliphatic heterocycles. The van der Waals surface area contributed by atoms with Gasteiger partial charge in [-0.1, -0.05) is 31.4 Å². The Hall–Kier alpha value is -3.13. The second-order valence-electron chi connectivity index (χ2n) is 7.59. The van der Waals surface area contributed by atoms with E-state index in [0.29, 0.717) is 30.0 Å². The van der Waals surface area contributed by atoms with Gasteiger partial charge in [-0.25, -0.2) is 4.79 Å². The first kappa shape index (κ1) is 20.6. The van der Waals surface area contributed by atoms with E-state index in [1.54, 1.807) is 24.3 Å². The van der Waals surface area contributed by atoms with Crippen LogP contribution in [0, 0.1) is 17.2 Å². The van der Waals surface area contributed by atoms with Crippen molar-refractivity contribution >= 4 is 11.9 Å². The zero-order valence-corrected chi connectivity index (χ0v) is 16.7. The normalized spacial score (nSPS) is 14.1. The summed E-state index contributed by atoms with van der Waals surface area (Å²) in [6.45, 7) is 0.349. The van der Waals surface area contributed by atoms with E-state index < -0.39 is 5.97 Å². The van der Waals surface area contributed by atoms with Crippen molar-refractivity contribution in [1.82, 2.24) is 5.32 Å². The van der Waals surface area contributed by atoms with Crippen molar-refractivity contribution in [2.24, 2.45) is 5.92 Å². The average Bonchev–Trinajstić information content (AvgIpc) is 2.77. The first-order valence-corrected chi connectivity index (χ1v) is 10.1. The van der Waals surface area contributed by atoms with Crippen LogP contribution in [0.5, 0.6) is 0 Å². The number of carbonyl (C=O) groups excluding carboxylic acids is 2. The molecule has 2 aromatic carbocycles. The highest BCUT2D eigenvalue weighted by Gasteiger charge is 2.17. The van der Waals surface area contributed by atoms with Crippen LogP contribution in [0.15, 0.2) is 42.5 Å². The summed E-state index contributed by atoms with van der Waals surface area (Å²) in [7, 11) is 1.34. The summed E-state index contributed by atoms with van der Waals surface area (Å²) < 4.78 is 4.87. The van der Waals surface area contributed by atoms with Crippen LogP contribution < -0.4 is 5.32 Å². The molecule has 0 heterocycles. The first-order valence-electron chi connectivity index (χ1n) is 10.1. The fourth-order valence-corrected chi connectivity index (χ4v) is 3.89. The number of hydrogen-bond acceptors (Lipinski definition) is 4. The predicted molar refractivity (Wildman–Crippen MR) is 111 cm³/mol. The molecule has 0 atom stereocenters. The summed E-state index contributed by atoms with van der Waals surface area (Å²) in [5.74, 6) is 0.0981. The molecule has 1 fully saturated rings. The number of esters is 1. The van der Waals surface area contributed by atoms with Crippen LogP contribution in [0.25, 0.3) is 11.1 Å². The highest BCUT2D eigenvalue weighted by atomic mass is 16.5. The molecule has 29 heavy (non-hydrogen) atoms. The van der Waals surface area contributed by atoms with Crippen molar-refractivity contribution in [2.45, 2.75) is 45.1 Å². The lowest BCUT2D eigenvalue weighted by atomic mass is 9.87. The molecule has 0 aromatic heterocycles. The van der Waals surface area contributed by atoms with Gasteiger partial charge < -0.3 is 10.1 Å². The lowest BCUT2D eigenvalue weighted by Crippen LogP contribution is -2.26. The van der Waals surface area contributed by atoms with E-state index in [1.165, 1.54) is 26.4 Å². The van der Waals surface area contributed by atoms with Gasteiger partial charge in [0.25, 0.3) is 0 Å². The first-order chi connectivity index (χ1) is 14.1. The Kier molecular flexibility index (Phi) is 7.02. The average molecular weight is 390 g/mol. The fraction of sp³-hybridized carbons (Fsp3) is 0.375. The number of nitrogens with one attached hydrogen (secondary N) is 1. The van der Waals surface area contributed by atoms with Gasteiger partial charge in [-0.2, -0.15) is 5.26 Å². The monoisotopic (exact) mass is 390 g/mol. The van der Waals surface area contributed by atoms with Gasteiger partial charge in [0.15, 0.2) is 0 Å². The summed E-state index contributed by atoms with van der Waals surface area (Å²) in [4.78, 5) is 24.5. The van der Waals surface area contributed by atoms with Crippen molar-refractivity contribution in [3.8, 4) is 17.2 Å². The Morgan fingerprint density at radius 3 is 2.62 bits per heavy atom. The van der Waals surface area contributed by atoms with Gasteiger partial charge in [-0.05, 0) is 65.8 Å². The Morgan fingerprint density at radius 1 is 1.10 bits per heavy atom. The van der Waals surface area contributed by atoms with Gasteiger partial charge in [-0.3, -0.25) is 4.79 Å². The van der Waals surface area contributed by atoms with Crippen LogP contribution in [0.1, 0.15) is 60.0 Å². The Balaban J connectivity index is 1.77. The molecule has 0 radical (unpaired) electrons. The number of benzene rings is 2. The minimum absolute atomic E-state index is 0.0494. The Bertz CT molecular complexity index is 924. The van der Waals surface area contributed by atoms with Crippen molar-refractivity contribution in [3.63, 3.8) is 0 Å². The van der Waals surface area contributed by atoms with E-state index in [0.717, 1.165) is 29.5 Å². The van der Waals surface area contributed by atoms with Crippen molar-refractivity contribution in [2.75, 3.05) is 7.11 Å². The number of carbonyl (C=O) groups is 2. The van der Waals surface area contributed by atoms with E-state index >= 15 is 0 Å². The van der Waals surface area contributed by atoms with Crippen LogP contribution in [0.4, 0.5) is 0 Å². The smallest absolute Gasteiger partial charge is 0.337 e. The maximum Gasteiger partial charge on any atom is 0.337 e. The van der Waals surface area contributed by atoms with E-state index in [2.05, 4.69) is 11.4 Å². The van der Waals surface area contributed by atoms with Crippen LogP contribution in [0.2, 0.25) is 0 Å². The SMILES string of the molecule is COC(=O)c1cc(CNC(=O)CC2CCCCC2)cc(-c2cccc(C#N)c2)c1. The van der Waals surface area contributed by atoms with Crippen LogP contribution in [-0.2, 0) is 16.1 Å². The molecule has 2 aromatic rings. The van der Waals surface area contributed by atoms with Gasteiger partial charge in [0, 0.05) is 13.0 Å². The van der Waals surface area contributed by atoms with E-state index in [4.69, 9.17) is 10.00 Å². The third-order valence-corrected chi connectivity index (χ3v) is 5.43. The van der Waals surface area contributed by atoms with Crippen LogP contribution in [-0.4, -0.2) is 19.0 Å². The highest BCUT2D eigenvalue weighted by molar-refractivity contribution is 5.91. The summed E-state index contributed by atoms with van der Waals surface area (Å²) >= 11 is 0. The minimum Gasteiger partial charge on any atom is -0.465 e. The minimum atomic E-state index is -0.432. The van der Waals surface area contributed by atoms with Crippen LogP contribution >= 0.6 is 0 Å². The molecule has 5 heteroatoms. The molecule has 0 spiro atoms. The topological polar surface area (TPSA) is 79.2 Å².